The van der Waals surface area contributed by atoms with Crippen molar-refractivity contribution in [3.05, 3.63) is 42.5 Å². The number of benzene rings is 2. The van der Waals surface area contributed by atoms with Crippen LogP contribution in [0.15, 0.2) is 42.5 Å². The van der Waals surface area contributed by atoms with Gasteiger partial charge in [0, 0.05) is 17.1 Å². The number of amides is 1. The molecule has 0 aliphatic rings. The molecule has 0 saturated carbocycles. The summed E-state index contributed by atoms with van der Waals surface area (Å²) in [6, 6.07) is 13.7. The molecule has 112 valence electrons. The molecule has 1 amide bonds. The van der Waals surface area contributed by atoms with Gasteiger partial charge in [0.15, 0.2) is 0 Å². The summed E-state index contributed by atoms with van der Waals surface area (Å²) in [5.41, 5.74) is 0.810. The van der Waals surface area contributed by atoms with Crippen LogP contribution in [0.25, 0.3) is 10.8 Å². The second-order valence-electron chi connectivity index (χ2n) is 5.49. The van der Waals surface area contributed by atoms with Crippen LogP contribution in [0.3, 0.4) is 0 Å². The van der Waals surface area contributed by atoms with Crippen molar-refractivity contribution in [2.75, 3.05) is 18.5 Å². The van der Waals surface area contributed by atoms with Gasteiger partial charge in [-0.3, -0.25) is 4.79 Å². The van der Waals surface area contributed by atoms with Crippen LogP contribution in [0.5, 0.6) is 0 Å². The van der Waals surface area contributed by atoms with E-state index < -0.39 is 0 Å². The van der Waals surface area contributed by atoms with Gasteiger partial charge in [0.1, 0.15) is 0 Å². The Morgan fingerprint density at radius 3 is 2.57 bits per heavy atom. The number of hydrogen-bond acceptors (Lipinski definition) is 3. The van der Waals surface area contributed by atoms with E-state index in [4.69, 9.17) is 0 Å². The molecular weight excluding hydrogens is 264 g/mol. The number of rotatable bonds is 6. The molecular formula is C17H22N2O2. The van der Waals surface area contributed by atoms with E-state index in [0.717, 1.165) is 16.5 Å². The molecule has 0 bridgehead atoms. The lowest BCUT2D eigenvalue weighted by Crippen LogP contribution is -2.41. The Balaban J connectivity index is 2.02. The van der Waals surface area contributed by atoms with Gasteiger partial charge in [-0.1, -0.05) is 50.2 Å². The minimum atomic E-state index is -0.106. The third kappa shape index (κ3) is 4.03. The molecule has 0 unspecified atom stereocenters. The average Bonchev–Trinajstić information content (AvgIpc) is 2.48. The maximum atomic E-state index is 12.0. The standard InChI is InChI=1S/C17H22N2O2/c1-12(2)16(11-20)18-10-17(21)19-15-9-5-7-13-6-3-4-8-14(13)15/h3-9,12,16,18,20H,10-11H2,1-2H3,(H,19,21)/t16-/m1/s1. The fourth-order valence-corrected chi connectivity index (χ4v) is 2.26. The number of fused-ring (bicyclic) bond motifs is 1. The van der Waals surface area contributed by atoms with Crippen LogP contribution in [0.2, 0.25) is 0 Å². The number of carbonyl (C=O) groups excluding carboxylic acids is 1. The number of nitrogens with one attached hydrogen (secondary N) is 2. The van der Waals surface area contributed by atoms with Crippen LogP contribution in [0, 0.1) is 5.92 Å². The zero-order chi connectivity index (χ0) is 15.2. The molecule has 3 N–H and O–H groups in total. The Kier molecular flexibility index (Phi) is 5.31. The number of carbonyl (C=O) groups is 1. The average molecular weight is 286 g/mol. The Hall–Kier alpha value is -1.91. The molecule has 0 saturated heterocycles. The Morgan fingerprint density at radius 2 is 1.86 bits per heavy atom. The van der Waals surface area contributed by atoms with Gasteiger partial charge in [-0.15, -0.1) is 0 Å². The zero-order valence-corrected chi connectivity index (χ0v) is 12.5. The van der Waals surface area contributed by atoms with Crippen molar-refractivity contribution in [1.29, 1.82) is 0 Å². The molecule has 0 heterocycles. The molecule has 21 heavy (non-hydrogen) atoms. The van der Waals surface area contributed by atoms with E-state index in [0.29, 0.717) is 0 Å². The number of anilines is 1. The van der Waals surface area contributed by atoms with Crippen molar-refractivity contribution < 1.29 is 9.90 Å². The van der Waals surface area contributed by atoms with E-state index in [9.17, 15) is 9.90 Å². The lowest BCUT2D eigenvalue weighted by Gasteiger charge is -2.19. The molecule has 0 radical (unpaired) electrons. The highest BCUT2D eigenvalue weighted by Gasteiger charge is 2.13. The topological polar surface area (TPSA) is 61.4 Å². The second kappa shape index (κ2) is 7.20. The third-order valence-electron chi connectivity index (χ3n) is 3.59. The van der Waals surface area contributed by atoms with Gasteiger partial charge in [-0.25, -0.2) is 0 Å². The molecule has 4 heteroatoms. The summed E-state index contributed by atoms with van der Waals surface area (Å²) in [5, 5.41) is 17.4. The van der Waals surface area contributed by atoms with E-state index in [-0.39, 0.29) is 31.0 Å². The van der Waals surface area contributed by atoms with Crippen molar-refractivity contribution in [3.63, 3.8) is 0 Å². The smallest absolute Gasteiger partial charge is 0.238 e. The van der Waals surface area contributed by atoms with Gasteiger partial charge in [-0.2, -0.15) is 0 Å². The predicted octanol–water partition coefficient (Wildman–Crippen LogP) is 2.38. The molecule has 0 aromatic heterocycles. The highest BCUT2D eigenvalue weighted by Crippen LogP contribution is 2.22. The summed E-state index contributed by atoms with van der Waals surface area (Å²) < 4.78 is 0. The normalized spacial score (nSPS) is 12.6. The second-order valence-corrected chi connectivity index (χ2v) is 5.49. The summed E-state index contributed by atoms with van der Waals surface area (Å²) >= 11 is 0. The molecule has 2 rings (SSSR count). The maximum absolute atomic E-state index is 12.0. The van der Waals surface area contributed by atoms with E-state index in [1.54, 1.807) is 0 Å². The fourth-order valence-electron chi connectivity index (χ4n) is 2.26. The van der Waals surface area contributed by atoms with Crippen LogP contribution < -0.4 is 10.6 Å². The SMILES string of the molecule is CC(C)[C@@H](CO)NCC(=O)Nc1cccc2ccccc12. The van der Waals surface area contributed by atoms with Gasteiger partial charge in [0.05, 0.1) is 13.2 Å². The zero-order valence-electron chi connectivity index (χ0n) is 12.5. The molecule has 4 nitrogen and oxygen atoms in total. The summed E-state index contributed by atoms with van der Waals surface area (Å²) in [6.45, 7) is 4.23. The van der Waals surface area contributed by atoms with E-state index in [2.05, 4.69) is 10.6 Å². The molecule has 0 aliphatic carbocycles. The Labute approximate surface area is 125 Å². The highest BCUT2D eigenvalue weighted by molar-refractivity contribution is 6.02. The lowest BCUT2D eigenvalue weighted by atomic mass is 10.1. The van der Waals surface area contributed by atoms with Crippen LogP contribution in [-0.4, -0.2) is 30.2 Å². The Morgan fingerprint density at radius 1 is 1.14 bits per heavy atom. The lowest BCUT2D eigenvalue weighted by molar-refractivity contribution is -0.115. The summed E-state index contributed by atoms with van der Waals surface area (Å²) in [5.74, 6) is 0.172. The molecule has 0 fully saturated rings. The Bertz CT molecular complexity index is 605. The van der Waals surface area contributed by atoms with Crippen molar-refractivity contribution in [1.82, 2.24) is 5.32 Å². The van der Waals surface area contributed by atoms with Gasteiger partial charge >= 0.3 is 0 Å². The van der Waals surface area contributed by atoms with Crippen molar-refractivity contribution in [2.24, 2.45) is 5.92 Å². The van der Waals surface area contributed by atoms with Crippen LogP contribution in [0.1, 0.15) is 13.8 Å². The van der Waals surface area contributed by atoms with Gasteiger partial charge in [-0.05, 0) is 17.4 Å². The summed E-state index contributed by atoms with van der Waals surface area (Å²) in [4.78, 5) is 12.0. The van der Waals surface area contributed by atoms with Crippen LogP contribution >= 0.6 is 0 Å². The number of hydrogen-bond donors (Lipinski definition) is 3. The van der Waals surface area contributed by atoms with E-state index >= 15 is 0 Å². The van der Waals surface area contributed by atoms with Crippen LogP contribution in [-0.2, 0) is 4.79 Å². The van der Waals surface area contributed by atoms with Gasteiger partial charge in [0.25, 0.3) is 0 Å². The van der Waals surface area contributed by atoms with E-state index in [1.165, 1.54) is 0 Å². The highest BCUT2D eigenvalue weighted by atomic mass is 16.3. The van der Waals surface area contributed by atoms with Crippen LogP contribution in [0.4, 0.5) is 5.69 Å². The first kappa shape index (κ1) is 15.5. The fraction of sp³-hybridized carbons (Fsp3) is 0.353. The number of aliphatic hydroxyl groups excluding tert-OH is 1. The minimum Gasteiger partial charge on any atom is -0.395 e. The van der Waals surface area contributed by atoms with Crippen molar-refractivity contribution in [2.45, 2.75) is 19.9 Å². The third-order valence-corrected chi connectivity index (χ3v) is 3.59. The first-order chi connectivity index (χ1) is 10.1. The monoisotopic (exact) mass is 286 g/mol. The molecule has 1 atom stereocenters. The van der Waals surface area contributed by atoms with Crippen molar-refractivity contribution >= 4 is 22.4 Å². The molecule has 2 aromatic rings. The minimum absolute atomic E-state index is 0.0270. The molecule has 0 aliphatic heterocycles. The first-order valence-electron chi connectivity index (χ1n) is 7.23. The molecule has 2 aromatic carbocycles. The summed E-state index contributed by atoms with van der Waals surface area (Å²) in [6.07, 6.45) is 0. The first-order valence-corrected chi connectivity index (χ1v) is 7.23. The van der Waals surface area contributed by atoms with Gasteiger partial charge in [0.2, 0.25) is 5.91 Å². The van der Waals surface area contributed by atoms with E-state index in [1.807, 2.05) is 56.3 Å². The van der Waals surface area contributed by atoms with Gasteiger partial charge < -0.3 is 15.7 Å². The summed E-state index contributed by atoms with van der Waals surface area (Å²) in [7, 11) is 0. The maximum Gasteiger partial charge on any atom is 0.238 e. The predicted molar refractivity (Wildman–Crippen MR) is 86.3 cm³/mol. The van der Waals surface area contributed by atoms with Crippen molar-refractivity contribution in [3.8, 4) is 0 Å². The largest absolute Gasteiger partial charge is 0.395 e. The number of aliphatic hydroxyl groups is 1. The molecule has 0 spiro atoms. The quantitative estimate of drug-likeness (QED) is 0.764.